The van der Waals surface area contributed by atoms with Gasteiger partial charge in [-0.05, 0) is 30.2 Å². The summed E-state index contributed by atoms with van der Waals surface area (Å²) in [5.74, 6) is 1.30. The molecule has 2 nitrogen and oxygen atoms in total. The van der Waals surface area contributed by atoms with E-state index in [2.05, 4.69) is 26.0 Å². The van der Waals surface area contributed by atoms with Crippen molar-refractivity contribution in [2.24, 2.45) is 5.92 Å². The third kappa shape index (κ3) is 3.42. The van der Waals surface area contributed by atoms with Gasteiger partial charge < -0.3 is 4.74 Å². The number of rotatable bonds is 4. The maximum atomic E-state index is 12.2. The highest BCUT2D eigenvalue weighted by atomic mass is 16.5. The summed E-state index contributed by atoms with van der Waals surface area (Å²) >= 11 is 0. The molecule has 98 valence electrons. The summed E-state index contributed by atoms with van der Waals surface area (Å²) in [5, 5.41) is 0. The number of hydrogen-bond acceptors (Lipinski definition) is 2. The van der Waals surface area contributed by atoms with Gasteiger partial charge in [0.1, 0.15) is 0 Å². The molecule has 0 aliphatic carbocycles. The maximum Gasteiger partial charge on any atom is 0.163 e. The van der Waals surface area contributed by atoms with Crippen LogP contribution in [0.2, 0.25) is 0 Å². The molecule has 2 rings (SSSR count). The molecule has 1 aromatic carbocycles. The fourth-order valence-corrected chi connectivity index (χ4v) is 2.38. The molecule has 0 radical (unpaired) electrons. The van der Waals surface area contributed by atoms with E-state index in [0.29, 0.717) is 18.3 Å². The second-order valence-corrected chi connectivity index (χ2v) is 5.46. The summed E-state index contributed by atoms with van der Waals surface area (Å²) in [6.45, 7) is 5.95. The van der Waals surface area contributed by atoms with E-state index in [1.165, 1.54) is 5.56 Å². The minimum atomic E-state index is 0.275. The van der Waals surface area contributed by atoms with Gasteiger partial charge in [-0.3, -0.25) is 4.79 Å². The zero-order chi connectivity index (χ0) is 13.0. The molecule has 0 N–H and O–H groups in total. The minimum Gasteiger partial charge on any atom is -0.381 e. The van der Waals surface area contributed by atoms with Crippen molar-refractivity contribution in [1.29, 1.82) is 0 Å². The molecule has 0 spiro atoms. The van der Waals surface area contributed by atoms with Crippen LogP contribution in [-0.4, -0.2) is 19.0 Å². The Hall–Kier alpha value is -1.15. The minimum absolute atomic E-state index is 0.275. The molecule has 2 heteroatoms. The van der Waals surface area contributed by atoms with E-state index in [1.54, 1.807) is 0 Å². The largest absolute Gasteiger partial charge is 0.381 e. The summed E-state index contributed by atoms with van der Waals surface area (Å²) in [7, 11) is 0. The predicted octanol–water partition coefficient (Wildman–Crippen LogP) is 3.81. The van der Waals surface area contributed by atoms with Crippen molar-refractivity contribution in [3.8, 4) is 0 Å². The highest BCUT2D eigenvalue weighted by Gasteiger charge is 2.18. The number of Topliss-reactive ketones (excluding diaryl/α,β-unsaturated/α-hetero) is 1. The molecule has 0 bridgehead atoms. The predicted molar refractivity (Wildman–Crippen MR) is 73.0 cm³/mol. The average Bonchev–Trinajstić information content (AvgIpc) is 2.40. The monoisotopic (exact) mass is 246 g/mol. The SMILES string of the molecule is CC(C)c1ccc(C(=O)CC2CCOCC2)cc1. The lowest BCUT2D eigenvalue weighted by atomic mass is 9.91. The average molecular weight is 246 g/mol. The fraction of sp³-hybridized carbons (Fsp3) is 0.562. The fourth-order valence-electron chi connectivity index (χ4n) is 2.38. The highest BCUT2D eigenvalue weighted by molar-refractivity contribution is 5.96. The van der Waals surface area contributed by atoms with Crippen molar-refractivity contribution in [3.63, 3.8) is 0 Å². The van der Waals surface area contributed by atoms with Gasteiger partial charge in [-0.25, -0.2) is 0 Å². The Morgan fingerprint density at radius 2 is 1.83 bits per heavy atom. The second-order valence-electron chi connectivity index (χ2n) is 5.46. The van der Waals surface area contributed by atoms with Crippen LogP contribution in [0.5, 0.6) is 0 Å². The molecule has 0 atom stereocenters. The van der Waals surface area contributed by atoms with E-state index in [-0.39, 0.29) is 5.78 Å². The van der Waals surface area contributed by atoms with Crippen LogP contribution in [0.1, 0.15) is 54.9 Å². The summed E-state index contributed by atoms with van der Waals surface area (Å²) in [6.07, 6.45) is 2.72. The number of ketones is 1. The molecule has 18 heavy (non-hydrogen) atoms. The quantitative estimate of drug-likeness (QED) is 0.755. The smallest absolute Gasteiger partial charge is 0.163 e. The molecular weight excluding hydrogens is 224 g/mol. The number of hydrogen-bond donors (Lipinski definition) is 0. The Morgan fingerprint density at radius 1 is 1.22 bits per heavy atom. The van der Waals surface area contributed by atoms with Gasteiger partial charge in [-0.1, -0.05) is 38.1 Å². The van der Waals surface area contributed by atoms with Crippen LogP contribution in [0.4, 0.5) is 0 Å². The van der Waals surface area contributed by atoms with Crippen molar-refractivity contribution < 1.29 is 9.53 Å². The molecule has 0 unspecified atom stereocenters. The standard InChI is InChI=1S/C16H22O2/c1-12(2)14-3-5-15(6-4-14)16(17)11-13-7-9-18-10-8-13/h3-6,12-13H,7-11H2,1-2H3. The van der Waals surface area contributed by atoms with E-state index in [9.17, 15) is 4.79 Å². The highest BCUT2D eigenvalue weighted by Crippen LogP contribution is 2.22. The zero-order valence-corrected chi connectivity index (χ0v) is 11.3. The van der Waals surface area contributed by atoms with Gasteiger partial charge in [-0.2, -0.15) is 0 Å². The maximum absolute atomic E-state index is 12.2. The van der Waals surface area contributed by atoms with Gasteiger partial charge in [0, 0.05) is 25.2 Å². The number of ether oxygens (including phenoxy) is 1. The molecule has 1 fully saturated rings. The van der Waals surface area contributed by atoms with Crippen molar-refractivity contribution in [3.05, 3.63) is 35.4 Å². The molecule has 1 aliphatic rings. The molecule has 1 aromatic rings. The first kappa shape index (κ1) is 13.3. The second kappa shape index (κ2) is 6.14. The van der Waals surface area contributed by atoms with Gasteiger partial charge in [0.25, 0.3) is 0 Å². The van der Waals surface area contributed by atoms with Gasteiger partial charge in [-0.15, -0.1) is 0 Å². The Morgan fingerprint density at radius 3 is 2.39 bits per heavy atom. The summed E-state index contributed by atoms with van der Waals surface area (Å²) < 4.78 is 5.32. The van der Waals surface area contributed by atoms with Crippen molar-refractivity contribution in [1.82, 2.24) is 0 Å². The van der Waals surface area contributed by atoms with Crippen LogP contribution in [-0.2, 0) is 4.74 Å². The van der Waals surface area contributed by atoms with Crippen LogP contribution >= 0.6 is 0 Å². The first-order valence-electron chi connectivity index (χ1n) is 6.87. The van der Waals surface area contributed by atoms with Gasteiger partial charge in [0.2, 0.25) is 0 Å². The van der Waals surface area contributed by atoms with Crippen LogP contribution in [0, 0.1) is 5.92 Å². The summed E-state index contributed by atoms with van der Waals surface area (Å²) in [4.78, 5) is 12.2. The van der Waals surface area contributed by atoms with Crippen LogP contribution < -0.4 is 0 Å². The first-order valence-corrected chi connectivity index (χ1v) is 6.87. The lowest BCUT2D eigenvalue weighted by Gasteiger charge is -2.21. The Balaban J connectivity index is 1.95. The van der Waals surface area contributed by atoms with Crippen LogP contribution in [0.3, 0.4) is 0 Å². The summed E-state index contributed by atoms with van der Waals surface area (Å²) in [6, 6.07) is 8.08. The molecular formula is C16H22O2. The third-order valence-electron chi connectivity index (χ3n) is 3.71. The molecule has 0 amide bonds. The third-order valence-corrected chi connectivity index (χ3v) is 3.71. The van der Waals surface area contributed by atoms with E-state index in [1.807, 2.05) is 12.1 Å². The van der Waals surface area contributed by atoms with E-state index in [0.717, 1.165) is 31.6 Å². The number of benzene rings is 1. The molecule has 0 aromatic heterocycles. The number of carbonyl (C=O) groups is 1. The van der Waals surface area contributed by atoms with E-state index < -0.39 is 0 Å². The zero-order valence-electron chi connectivity index (χ0n) is 11.3. The van der Waals surface area contributed by atoms with Crippen LogP contribution in [0.25, 0.3) is 0 Å². The molecule has 1 heterocycles. The number of carbonyl (C=O) groups excluding carboxylic acids is 1. The van der Waals surface area contributed by atoms with Gasteiger partial charge in [0.05, 0.1) is 0 Å². The normalized spacial score (nSPS) is 17.1. The van der Waals surface area contributed by atoms with Crippen molar-refractivity contribution >= 4 is 5.78 Å². The van der Waals surface area contributed by atoms with Crippen molar-refractivity contribution in [2.75, 3.05) is 13.2 Å². The van der Waals surface area contributed by atoms with Gasteiger partial charge >= 0.3 is 0 Å². The Kier molecular flexibility index (Phi) is 4.54. The molecule has 0 saturated carbocycles. The van der Waals surface area contributed by atoms with Gasteiger partial charge in [0.15, 0.2) is 5.78 Å². The van der Waals surface area contributed by atoms with Crippen LogP contribution in [0.15, 0.2) is 24.3 Å². The topological polar surface area (TPSA) is 26.3 Å². The Labute approximate surface area is 109 Å². The van der Waals surface area contributed by atoms with E-state index in [4.69, 9.17) is 4.74 Å². The van der Waals surface area contributed by atoms with E-state index >= 15 is 0 Å². The molecule has 1 aliphatic heterocycles. The first-order chi connectivity index (χ1) is 8.66. The lowest BCUT2D eigenvalue weighted by Crippen LogP contribution is -2.18. The molecule has 1 saturated heterocycles. The Bertz CT molecular complexity index is 386. The van der Waals surface area contributed by atoms with Crippen molar-refractivity contribution in [2.45, 2.75) is 39.0 Å². The lowest BCUT2D eigenvalue weighted by molar-refractivity contribution is 0.0601. The summed E-state index contributed by atoms with van der Waals surface area (Å²) in [5.41, 5.74) is 2.14.